The molecule has 190 valence electrons. The zero-order chi connectivity index (χ0) is 26.6. The fourth-order valence-corrected chi connectivity index (χ4v) is 4.72. The molecule has 1 amide bonds. The number of carbonyl (C=O) groups excluding carboxylic acids is 1. The van der Waals surface area contributed by atoms with E-state index in [0.29, 0.717) is 16.9 Å². The molecule has 10 nitrogen and oxygen atoms in total. The predicted molar refractivity (Wildman–Crippen MR) is 146 cm³/mol. The van der Waals surface area contributed by atoms with Crippen molar-refractivity contribution < 1.29 is 4.79 Å². The lowest BCUT2D eigenvalue weighted by molar-refractivity contribution is -0.129. The molecular weight excluding hydrogens is 480 g/mol. The van der Waals surface area contributed by atoms with E-state index in [4.69, 9.17) is 0 Å². The van der Waals surface area contributed by atoms with Gasteiger partial charge in [0, 0.05) is 38.9 Å². The van der Waals surface area contributed by atoms with Crippen LogP contribution in [0.3, 0.4) is 0 Å². The second-order valence-electron chi connectivity index (χ2n) is 9.48. The number of amides is 1. The molecule has 0 saturated carbocycles. The van der Waals surface area contributed by atoms with Crippen LogP contribution in [-0.2, 0) is 18.4 Å². The van der Waals surface area contributed by atoms with E-state index in [1.807, 2.05) is 48.1 Å². The fraction of sp³-hybridized carbons (Fsp3) is 0.179. The number of aromatic nitrogens is 7. The molecule has 0 spiro atoms. The number of nitrogens with zero attached hydrogens (tertiary/aromatic N) is 8. The number of carbonyl (C=O) groups is 1. The van der Waals surface area contributed by atoms with Crippen molar-refractivity contribution >= 4 is 27.8 Å². The molecule has 0 aliphatic heterocycles. The van der Waals surface area contributed by atoms with E-state index in [-0.39, 0.29) is 18.1 Å². The Morgan fingerprint density at radius 1 is 1.05 bits per heavy atom. The molecule has 6 rings (SSSR count). The average Bonchev–Trinajstić information content (AvgIpc) is 3.63. The molecule has 0 fully saturated rings. The van der Waals surface area contributed by atoms with Crippen LogP contribution in [0.1, 0.15) is 5.69 Å². The largest absolute Gasteiger partial charge is 0.347 e. The minimum Gasteiger partial charge on any atom is -0.347 e. The molecule has 2 aromatic carbocycles. The number of likely N-dealkylation sites (N-methyl/N-ethyl adjacent to an activating group) is 1. The highest BCUT2D eigenvalue weighted by Crippen LogP contribution is 2.30. The molecule has 0 saturated heterocycles. The molecule has 38 heavy (non-hydrogen) atoms. The van der Waals surface area contributed by atoms with Gasteiger partial charge in [-0.05, 0) is 48.4 Å². The number of rotatable bonds is 5. The Balaban J connectivity index is 1.51. The third-order valence-corrected chi connectivity index (χ3v) is 6.81. The van der Waals surface area contributed by atoms with E-state index >= 15 is 0 Å². The third kappa shape index (κ3) is 3.78. The number of hydrogen-bond donors (Lipinski definition) is 0. The van der Waals surface area contributed by atoms with Gasteiger partial charge in [0.15, 0.2) is 0 Å². The van der Waals surface area contributed by atoms with Crippen LogP contribution in [0, 0.1) is 6.92 Å². The van der Waals surface area contributed by atoms with Crippen LogP contribution in [-0.4, -0.2) is 58.6 Å². The van der Waals surface area contributed by atoms with Gasteiger partial charge in [-0.25, -0.2) is 9.48 Å². The van der Waals surface area contributed by atoms with Crippen LogP contribution in [0.2, 0.25) is 0 Å². The van der Waals surface area contributed by atoms with E-state index in [9.17, 15) is 9.59 Å². The van der Waals surface area contributed by atoms with Crippen molar-refractivity contribution in [2.24, 2.45) is 7.05 Å². The maximum atomic E-state index is 13.5. The standard InChI is InChI=1S/C28H26N8O2/c1-18-25(16-34(31-18)17-26(37)32(2)3)36-27-22-14-20(8-11-23(22)29-15-24(27)33(4)28(36)38)19-6-9-21(10-7-19)35-13-5-12-30-35/h5-16H,17H2,1-4H3. The van der Waals surface area contributed by atoms with Crippen LogP contribution >= 0.6 is 0 Å². The van der Waals surface area contributed by atoms with Crippen LogP contribution in [0.4, 0.5) is 0 Å². The van der Waals surface area contributed by atoms with E-state index < -0.39 is 0 Å². The second-order valence-corrected chi connectivity index (χ2v) is 9.48. The molecule has 4 aromatic heterocycles. The molecule has 0 bridgehead atoms. The van der Waals surface area contributed by atoms with Crippen molar-refractivity contribution in [2.75, 3.05) is 14.1 Å². The third-order valence-electron chi connectivity index (χ3n) is 6.81. The Morgan fingerprint density at radius 3 is 2.53 bits per heavy atom. The van der Waals surface area contributed by atoms with Crippen LogP contribution < -0.4 is 5.69 Å². The van der Waals surface area contributed by atoms with Crippen molar-refractivity contribution in [2.45, 2.75) is 13.5 Å². The quantitative estimate of drug-likeness (QED) is 0.358. The first-order valence-electron chi connectivity index (χ1n) is 12.2. The molecule has 4 heterocycles. The van der Waals surface area contributed by atoms with Gasteiger partial charge in [-0.2, -0.15) is 10.2 Å². The van der Waals surface area contributed by atoms with Crippen LogP contribution in [0.25, 0.3) is 44.4 Å². The summed E-state index contributed by atoms with van der Waals surface area (Å²) in [6.07, 6.45) is 7.13. The minimum atomic E-state index is -0.204. The molecule has 0 aliphatic carbocycles. The van der Waals surface area contributed by atoms with Crippen molar-refractivity contribution in [3.8, 4) is 22.5 Å². The van der Waals surface area contributed by atoms with E-state index in [1.165, 1.54) is 4.90 Å². The summed E-state index contributed by atoms with van der Waals surface area (Å²) in [5.41, 5.74) is 6.34. The zero-order valence-corrected chi connectivity index (χ0v) is 21.5. The number of benzene rings is 2. The van der Waals surface area contributed by atoms with Gasteiger partial charge >= 0.3 is 5.69 Å². The number of imidazole rings is 1. The average molecular weight is 507 g/mol. The van der Waals surface area contributed by atoms with Gasteiger partial charge in [-0.3, -0.25) is 23.6 Å². The van der Waals surface area contributed by atoms with Crippen molar-refractivity contribution in [3.05, 3.63) is 89.5 Å². The summed E-state index contributed by atoms with van der Waals surface area (Å²) in [6, 6.07) is 16.1. The van der Waals surface area contributed by atoms with Gasteiger partial charge in [-0.1, -0.05) is 18.2 Å². The van der Waals surface area contributed by atoms with Gasteiger partial charge in [-0.15, -0.1) is 0 Å². The lowest BCUT2D eigenvalue weighted by Gasteiger charge is -2.09. The van der Waals surface area contributed by atoms with Gasteiger partial charge in [0.1, 0.15) is 6.54 Å². The lowest BCUT2D eigenvalue weighted by atomic mass is 10.0. The molecule has 0 unspecified atom stereocenters. The van der Waals surface area contributed by atoms with Gasteiger partial charge < -0.3 is 4.90 Å². The molecule has 10 heteroatoms. The highest BCUT2D eigenvalue weighted by Gasteiger charge is 2.20. The summed E-state index contributed by atoms with van der Waals surface area (Å²) in [6.45, 7) is 1.93. The van der Waals surface area contributed by atoms with Gasteiger partial charge in [0.25, 0.3) is 0 Å². The van der Waals surface area contributed by atoms with Crippen molar-refractivity contribution in [3.63, 3.8) is 0 Å². The van der Waals surface area contributed by atoms with Crippen molar-refractivity contribution in [1.82, 2.24) is 38.6 Å². The first-order valence-corrected chi connectivity index (χ1v) is 12.2. The molecule has 0 atom stereocenters. The molecule has 0 aliphatic rings. The second kappa shape index (κ2) is 8.84. The number of aryl methyl sites for hydroxylation is 2. The van der Waals surface area contributed by atoms with Crippen molar-refractivity contribution in [1.29, 1.82) is 0 Å². The predicted octanol–water partition coefficient (Wildman–Crippen LogP) is 3.32. The first kappa shape index (κ1) is 23.4. The maximum Gasteiger partial charge on any atom is 0.333 e. The Kier molecular flexibility index (Phi) is 5.45. The first-order chi connectivity index (χ1) is 18.3. The zero-order valence-electron chi connectivity index (χ0n) is 21.5. The van der Waals surface area contributed by atoms with Crippen LogP contribution in [0.5, 0.6) is 0 Å². The summed E-state index contributed by atoms with van der Waals surface area (Å²) in [4.78, 5) is 31.9. The summed E-state index contributed by atoms with van der Waals surface area (Å²) < 4.78 is 6.65. The highest BCUT2D eigenvalue weighted by molar-refractivity contribution is 6.04. The summed E-state index contributed by atoms with van der Waals surface area (Å²) >= 11 is 0. The Bertz CT molecular complexity index is 1870. The summed E-state index contributed by atoms with van der Waals surface area (Å²) in [5.74, 6) is -0.0813. The smallest absolute Gasteiger partial charge is 0.333 e. The number of pyridine rings is 1. The molecule has 0 radical (unpaired) electrons. The topological polar surface area (TPSA) is 95.8 Å². The van der Waals surface area contributed by atoms with E-state index in [1.54, 1.807) is 53.5 Å². The van der Waals surface area contributed by atoms with Crippen LogP contribution in [0.15, 0.2) is 78.1 Å². The number of fused-ring (bicyclic) bond motifs is 3. The Hall–Kier alpha value is -4.99. The minimum absolute atomic E-state index is 0.0813. The summed E-state index contributed by atoms with van der Waals surface area (Å²) in [7, 11) is 5.15. The maximum absolute atomic E-state index is 13.5. The molecule has 0 N–H and O–H groups in total. The van der Waals surface area contributed by atoms with E-state index in [2.05, 4.69) is 33.4 Å². The SMILES string of the molecule is Cc1nn(CC(=O)N(C)C)cc1-n1c(=O)n(C)c2cnc3ccc(-c4ccc(-n5cccn5)cc4)cc3c21. The fourth-order valence-electron chi connectivity index (χ4n) is 4.72. The summed E-state index contributed by atoms with van der Waals surface area (Å²) in [5, 5.41) is 9.66. The van der Waals surface area contributed by atoms with Gasteiger partial charge in [0.2, 0.25) is 5.91 Å². The van der Waals surface area contributed by atoms with E-state index in [0.717, 1.165) is 33.2 Å². The Labute approximate surface area is 218 Å². The van der Waals surface area contributed by atoms with Gasteiger partial charge in [0.05, 0.1) is 46.0 Å². The highest BCUT2D eigenvalue weighted by atomic mass is 16.2. The lowest BCUT2D eigenvalue weighted by Crippen LogP contribution is -2.26. The normalized spacial score (nSPS) is 11.5. The number of hydrogen-bond acceptors (Lipinski definition) is 5. The molecular formula is C28H26N8O2. The molecule has 6 aromatic rings. The monoisotopic (exact) mass is 506 g/mol. The Morgan fingerprint density at radius 2 is 1.82 bits per heavy atom.